The number of ether oxygens (including phenoxy) is 12. The van der Waals surface area contributed by atoms with Crippen LogP contribution in [0.25, 0.3) is 0 Å². The van der Waals surface area contributed by atoms with Gasteiger partial charge in [0, 0.05) is 19.3 Å². The van der Waals surface area contributed by atoms with Crippen molar-refractivity contribution >= 4 is 23.9 Å². The average molecular weight is 1350 g/mol. The number of esters is 3. The molecule has 94 heavy (non-hydrogen) atoms. The van der Waals surface area contributed by atoms with Gasteiger partial charge in [-0.2, -0.15) is 0 Å². The summed E-state index contributed by atoms with van der Waals surface area (Å²) in [7, 11) is 0. The molecule has 10 rings (SSSR count). The molecule has 5 aliphatic heterocycles. The second-order valence-corrected chi connectivity index (χ2v) is 29.6. The number of aliphatic hydroxyl groups excluding tert-OH is 14. The predicted octanol–water partition coefficient (Wildman–Crippen LogP) is -3.37. The maximum Gasteiger partial charge on any atom is 0.315 e. The topological polar surface area (TPSA) is 482 Å². The SMILES string of the molecule is CC(=O)O[C@H]1[C@@H](OC(C)=O)[C@@H](C)O[C@H](OC(=O)C23CCC(C)(C)CC2C2=CCC4[C@@]5(C)C[C@H](O)C(O[C@@H]6O[C@H](CO)[C@@H](O)[C@H](O)[C@H]6O[C@H]6O[C@H](CO)[C@@H](O)[C@H](O)[C@H]6O)[C@@](C)(C(=O)O)C5CC[C@@]4(C)[C@]2(CO)CC3)[C@@H]1O[C@@H]1O[C@@H](C)[C@H](O[C@H]2OC[C@@H](O)[C@H](O)[C@H]2O)[C@@H](O)[C@H]1O. The number of carbonyl (C=O) groups is 4. The van der Waals surface area contributed by atoms with Crippen molar-refractivity contribution in [1.82, 2.24) is 0 Å². The van der Waals surface area contributed by atoms with Crippen molar-refractivity contribution < 1.29 is 153 Å². The summed E-state index contributed by atoms with van der Waals surface area (Å²) in [5, 5.41) is 165. The zero-order valence-electron chi connectivity index (χ0n) is 54.3. The van der Waals surface area contributed by atoms with Crippen LogP contribution in [0.4, 0.5) is 0 Å². The van der Waals surface area contributed by atoms with Crippen molar-refractivity contribution in [3.8, 4) is 0 Å². The highest BCUT2D eigenvalue weighted by Crippen LogP contribution is 2.76. The minimum Gasteiger partial charge on any atom is -0.481 e. The average Bonchev–Trinajstić information content (AvgIpc) is 0.670. The number of carboxylic acids is 1. The van der Waals surface area contributed by atoms with E-state index in [1.165, 1.54) is 20.8 Å². The van der Waals surface area contributed by atoms with Crippen LogP contribution in [0.2, 0.25) is 0 Å². The molecule has 0 aromatic carbocycles. The minimum atomic E-state index is -2.00. The quantitative estimate of drug-likeness (QED) is 0.0310. The molecule has 5 saturated heterocycles. The summed E-state index contributed by atoms with van der Waals surface area (Å²) in [6.45, 7) is 12.1. The highest BCUT2D eigenvalue weighted by Gasteiger charge is 2.74. The molecular formula is C63H98O31. The summed E-state index contributed by atoms with van der Waals surface area (Å²) < 4.78 is 72.0. The Morgan fingerprint density at radius 2 is 1.07 bits per heavy atom. The van der Waals surface area contributed by atoms with Gasteiger partial charge in [-0.15, -0.1) is 0 Å². The van der Waals surface area contributed by atoms with E-state index in [1.807, 2.05) is 13.0 Å². The monoisotopic (exact) mass is 1350 g/mol. The molecule has 5 aliphatic carbocycles. The fraction of sp³-hybridized carbons (Fsp3) is 0.905. The van der Waals surface area contributed by atoms with Gasteiger partial charge in [0.2, 0.25) is 6.29 Å². The number of carbonyl (C=O) groups excluding carboxylic acids is 3. The maximum absolute atomic E-state index is 15.9. The Hall–Kier alpha value is -3.30. The van der Waals surface area contributed by atoms with Crippen molar-refractivity contribution in [3.63, 3.8) is 0 Å². The number of hydrogen-bond donors (Lipinski definition) is 15. The molecule has 0 bridgehead atoms. The lowest BCUT2D eigenvalue weighted by atomic mass is 9.33. The fourth-order valence-corrected chi connectivity index (χ4v) is 18.5. The Morgan fingerprint density at radius 3 is 1.70 bits per heavy atom. The molecule has 34 atom stereocenters. The van der Waals surface area contributed by atoms with E-state index in [0.717, 1.165) is 19.4 Å². The lowest BCUT2D eigenvalue weighted by Gasteiger charge is -2.71. The van der Waals surface area contributed by atoms with E-state index in [0.29, 0.717) is 25.7 Å². The summed E-state index contributed by atoms with van der Waals surface area (Å²) in [5.74, 6) is -5.66. The zero-order valence-corrected chi connectivity index (χ0v) is 54.3. The molecular weight excluding hydrogens is 1250 g/mol. The number of allylic oxidation sites excluding steroid dienone is 1. The Kier molecular flexibility index (Phi) is 21.3. The van der Waals surface area contributed by atoms with Gasteiger partial charge in [-0.3, -0.25) is 19.2 Å². The molecule has 31 nitrogen and oxygen atoms in total. The number of aliphatic hydroxyl groups is 14. The Balaban J connectivity index is 0.942. The van der Waals surface area contributed by atoms with Crippen LogP contribution in [-0.4, -0.2) is 287 Å². The van der Waals surface area contributed by atoms with E-state index < -0.39 is 255 Å². The van der Waals surface area contributed by atoms with Gasteiger partial charge in [0.15, 0.2) is 43.5 Å². The van der Waals surface area contributed by atoms with Gasteiger partial charge in [0.05, 0.1) is 55.6 Å². The molecule has 0 radical (unpaired) electrons. The van der Waals surface area contributed by atoms with Gasteiger partial charge in [0.25, 0.3) is 0 Å². The molecule has 536 valence electrons. The van der Waals surface area contributed by atoms with Gasteiger partial charge < -0.3 is 133 Å². The van der Waals surface area contributed by atoms with Crippen molar-refractivity contribution in [3.05, 3.63) is 11.6 Å². The number of fused-ring (bicyclic) bond motifs is 7. The van der Waals surface area contributed by atoms with Gasteiger partial charge in [-0.1, -0.05) is 39.3 Å². The van der Waals surface area contributed by atoms with Gasteiger partial charge >= 0.3 is 23.9 Å². The number of aliphatic carboxylic acids is 1. The zero-order chi connectivity index (χ0) is 69.0. The molecule has 15 N–H and O–H groups in total. The maximum atomic E-state index is 15.9. The van der Waals surface area contributed by atoms with E-state index in [4.69, 9.17) is 56.8 Å². The highest BCUT2D eigenvalue weighted by atomic mass is 16.8. The molecule has 5 unspecified atom stereocenters. The van der Waals surface area contributed by atoms with Crippen molar-refractivity contribution in [2.75, 3.05) is 26.4 Å². The number of rotatable bonds is 16. The third-order valence-electron chi connectivity index (χ3n) is 23.6. The molecule has 0 aromatic rings. The Morgan fingerprint density at radius 1 is 0.532 bits per heavy atom. The summed E-state index contributed by atoms with van der Waals surface area (Å²) in [6.07, 6.45) is -39.7. The van der Waals surface area contributed by atoms with Gasteiger partial charge in [-0.05, 0) is 113 Å². The summed E-state index contributed by atoms with van der Waals surface area (Å²) in [5.41, 5.74) is -5.84. The Bertz CT molecular complexity index is 2760. The van der Waals surface area contributed by atoms with Crippen LogP contribution >= 0.6 is 0 Å². The summed E-state index contributed by atoms with van der Waals surface area (Å²) in [4.78, 5) is 55.8. The summed E-state index contributed by atoms with van der Waals surface area (Å²) in [6, 6.07) is 0. The standard InChI is InChI=1S/C63H98O31/c1-24-45(90-51-42(77)36(71)31(70)22-83-51)41(76)44(79)52(84-24)92-49-48(87-27(4)68)46(86-26(3)67)25(2)85-55(49)94-57(82)62-15-14-58(5,6)18-29(62)28-10-11-34-59(7)19-30(69)50(61(9,56(80)81)35(59)12-13-60(34,8)63(28,23-66)17-16-62)93-54-47(40(75)38(73)33(21-65)89-54)91-53-43(78)39(74)37(72)32(20-64)88-53/h10,24-25,29-55,64-66,69-79H,11-23H2,1-9H3,(H,80,81)/t24-,25+,29?,30-,31+,32+,33+,34?,35?,36-,37+,38+,39-,40-,41-,42+,43+,44+,45-,46-,47+,48-,49+,50?,51+,52-,53+,54-,55+,59+,60+,61-,62?,63-/m0/s1. The largest absolute Gasteiger partial charge is 0.481 e. The highest BCUT2D eigenvalue weighted by molar-refractivity contribution is 5.79. The van der Waals surface area contributed by atoms with Crippen LogP contribution in [0.15, 0.2) is 11.6 Å². The van der Waals surface area contributed by atoms with Crippen molar-refractivity contribution in [2.24, 2.45) is 50.2 Å². The van der Waals surface area contributed by atoms with Gasteiger partial charge in [0.1, 0.15) is 91.6 Å². The van der Waals surface area contributed by atoms with Crippen LogP contribution in [0.5, 0.6) is 0 Å². The van der Waals surface area contributed by atoms with E-state index >= 15 is 4.79 Å². The second kappa shape index (κ2) is 27.3. The lowest BCUT2D eigenvalue weighted by Crippen LogP contribution is -2.71. The molecule has 4 saturated carbocycles. The molecule has 0 aromatic heterocycles. The number of carboxylic acid groups (broad SMARTS) is 1. The second-order valence-electron chi connectivity index (χ2n) is 29.6. The van der Waals surface area contributed by atoms with E-state index in [9.17, 15) is 91.0 Å². The van der Waals surface area contributed by atoms with Crippen LogP contribution < -0.4 is 0 Å². The molecule has 0 spiro atoms. The fourth-order valence-electron chi connectivity index (χ4n) is 18.5. The lowest BCUT2D eigenvalue weighted by molar-refractivity contribution is -0.382. The van der Waals surface area contributed by atoms with E-state index in [2.05, 4.69) is 20.8 Å². The van der Waals surface area contributed by atoms with Crippen LogP contribution in [0.1, 0.15) is 120 Å². The summed E-state index contributed by atoms with van der Waals surface area (Å²) >= 11 is 0. The first-order chi connectivity index (χ1) is 44.0. The third-order valence-corrected chi connectivity index (χ3v) is 23.6. The first kappa shape index (κ1) is 73.4. The normalized spacial score (nSPS) is 51.7. The van der Waals surface area contributed by atoms with Crippen LogP contribution in [0, 0.1) is 50.2 Å². The smallest absolute Gasteiger partial charge is 0.315 e. The third kappa shape index (κ3) is 12.4. The Labute approximate surface area is 543 Å². The number of hydrogen-bond acceptors (Lipinski definition) is 30. The van der Waals surface area contributed by atoms with Crippen molar-refractivity contribution in [2.45, 2.75) is 280 Å². The van der Waals surface area contributed by atoms with Crippen LogP contribution in [-0.2, 0) is 76.0 Å². The molecule has 5 heterocycles. The first-order valence-electron chi connectivity index (χ1n) is 32.7. The van der Waals surface area contributed by atoms with Crippen LogP contribution in [0.3, 0.4) is 0 Å². The molecule has 9 fully saturated rings. The molecule has 0 amide bonds. The van der Waals surface area contributed by atoms with E-state index in [1.54, 1.807) is 0 Å². The van der Waals surface area contributed by atoms with Crippen molar-refractivity contribution in [1.29, 1.82) is 0 Å². The predicted molar refractivity (Wildman–Crippen MR) is 310 cm³/mol. The molecule has 10 aliphatic rings. The molecule has 31 heteroatoms. The van der Waals surface area contributed by atoms with Gasteiger partial charge in [-0.25, -0.2) is 0 Å². The first-order valence-corrected chi connectivity index (χ1v) is 32.7. The van der Waals surface area contributed by atoms with E-state index in [-0.39, 0.29) is 37.5 Å². The minimum absolute atomic E-state index is 0.0797.